The largest absolute Gasteiger partial charge is 0.496 e. The molecule has 0 unspecified atom stereocenters. The van der Waals surface area contributed by atoms with Gasteiger partial charge in [0.05, 0.1) is 24.0 Å². The van der Waals surface area contributed by atoms with Crippen molar-refractivity contribution in [3.8, 4) is 17.1 Å². The number of aromatic nitrogens is 2. The third-order valence-electron chi connectivity index (χ3n) is 5.81. The maximum Gasteiger partial charge on any atom is 0.130 e. The van der Waals surface area contributed by atoms with Crippen LogP contribution in [-0.4, -0.2) is 23.6 Å². The number of hydrogen-bond acceptors (Lipinski definition) is 3. The van der Waals surface area contributed by atoms with E-state index >= 15 is 0 Å². The Morgan fingerprint density at radius 2 is 1.80 bits per heavy atom. The van der Waals surface area contributed by atoms with Crippen molar-refractivity contribution >= 4 is 21.8 Å². The Kier molecular flexibility index (Phi) is 5.52. The highest BCUT2D eigenvalue weighted by Gasteiger charge is 2.19. The Morgan fingerprint density at radius 1 is 1.00 bits per heavy atom. The van der Waals surface area contributed by atoms with Gasteiger partial charge in [-0.05, 0) is 66.6 Å². The van der Waals surface area contributed by atoms with Gasteiger partial charge in [0.25, 0.3) is 0 Å². The van der Waals surface area contributed by atoms with Gasteiger partial charge in [0.1, 0.15) is 5.75 Å². The molecule has 2 aromatic carbocycles. The zero-order valence-electron chi connectivity index (χ0n) is 18.4. The number of aryl methyl sites for hydroxylation is 1. The molecule has 0 saturated heterocycles. The number of ether oxygens (including phenoxy) is 1. The third-order valence-corrected chi connectivity index (χ3v) is 5.81. The summed E-state index contributed by atoms with van der Waals surface area (Å²) in [5, 5.41) is 2.31. The van der Waals surface area contributed by atoms with E-state index in [2.05, 4.69) is 44.0 Å². The normalized spacial score (nSPS) is 12.0. The molecule has 0 radical (unpaired) electrons. The SMILES string of the molecule is COc1cc(-c2[nH]c3ccc(C(C)(C)C)cc3c2CCCCN)nc2ccccc12. The van der Waals surface area contributed by atoms with Crippen LogP contribution in [0.1, 0.15) is 44.7 Å². The van der Waals surface area contributed by atoms with E-state index in [1.807, 2.05) is 30.3 Å². The quantitative estimate of drug-likeness (QED) is 0.391. The second-order valence-corrected chi connectivity index (χ2v) is 8.96. The van der Waals surface area contributed by atoms with Gasteiger partial charge >= 0.3 is 0 Å². The van der Waals surface area contributed by atoms with Crippen LogP contribution in [0.15, 0.2) is 48.5 Å². The zero-order chi connectivity index (χ0) is 21.3. The summed E-state index contributed by atoms with van der Waals surface area (Å²) in [4.78, 5) is 8.63. The number of unbranched alkanes of at least 4 members (excludes halogenated alkanes) is 1. The first-order valence-corrected chi connectivity index (χ1v) is 10.7. The fourth-order valence-corrected chi connectivity index (χ4v) is 4.08. The maximum absolute atomic E-state index is 5.77. The number of H-pyrrole nitrogens is 1. The van der Waals surface area contributed by atoms with Gasteiger partial charge in [-0.25, -0.2) is 4.98 Å². The van der Waals surface area contributed by atoms with E-state index in [0.717, 1.165) is 52.8 Å². The fraction of sp³-hybridized carbons (Fsp3) is 0.346. The summed E-state index contributed by atoms with van der Waals surface area (Å²) >= 11 is 0. The molecule has 4 aromatic rings. The lowest BCUT2D eigenvalue weighted by Crippen LogP contribution is -2.10. The number of aromatic amines is 1. The number of pyridine rings is 1. The molecule has 156 valence electrons. The average Bonchev–Trinajstić information content (AvgIpc) is 3.10. The van der Waals surface area contributed by atoms with Crippen molar-refractivity contribution in [1.29, 1.82) is 0 Å². The molecule has 4 rings (SSSR count). The summed E-state index contributed by atoms with van der Waals surface area (Å²) in [6, 6.07) is 16.9. The Hall–Kier alpha value is -2.85. The van der Waals surface area contributed by atoms with Crippen LogP contribution in [0.4, 0.5) is 0 Å². The van der Waals surface area contributed by atoms with Gasteiger partial charge < -0.3 is 15.5 Å². The van der Waals surface area contributed by atoms with Gasteiger partial charge in [0, 0.05) is 22.4 Å². The molecule has 2 heterocycles. The smallest absolute Gasteiger partial charge is 0.130 e. The van der Waals surface area contributed by atoms with E-state index < -0.39 is 0 Å². The molecule has 0 amide bonds. The molecule has 0 aliphatic heterocycles. The number of hydrogen-bond donors (Lipinski definition) is 2. The molecule has 30 heavy (non-hydrogen) atoms. The first-order chi connectivity index (χ1) is 14.4. The molecule has 2 aromatic heterocycles. The average molecular weight is 402 g/mol. The van der Waals surface area contributed by atoms with E-state index in [0.29, 0.717) is 6.54 Å². The summed E-state index contributed by atoms with van der Waals surface area (Å²) in [6.07, 6.45) is 3.04. The lowest BCUT2D eigenvalue weighted by molar-refractivity contribution is 0.419. The van der Waals surface area contributed by atoms with E-state index in [1.54, 1.807) is 7.11 Å². The highest BCUT2D eigenvalue weighted by molar-refractivity contribution is 5.93. The van der Waals surface area contributed by atoms with Crippen molar-refractivity contribution in [2.24, 2.45) is 5.73 Å². The molecule has 0 saturated carbocycles. The van der Waals surface area contributed by atoms with Crippen molar-refractivity contribution < 1.29 is 4.74 Å². The van der Waals surface area contributed by atoms with Gasteiger partial charge in [0.2, 0.25) is 0 Å². The van der Waals surface area contributed by atoms with E-state index in [4.69, 9.17) is 15.5 Å². The Labute approximate surface area is 178 Å². The van der Waals surface area contributed by atoms with E-state index in [9.17, 15) is 0 Å². The summed E-state index contributed by atoms with van der Waals surface area (Å²) < 4.78 is 5.70. The lowest BCUT2D eigenvalue weighted by Gasteiger charge is -2.19. The van der Waals surface area contributed by atoms with Gasteiger partial charge in [-0.3, -0.25) is 0 Å². The standard InChI is InChI=1S/C26H31N3O/c1-26(2,3)17-12-13-22-20(15-17)18(9-7-8-14-27)25(29-22)23-16-24(30-4)19-10-5-6-11-21(19)28-23/h5-6,10-13,15-16,29H,7-9,14,27H2,1-4H3. The fourth-order valence-electron chi connectivity index (χ4n) is 4.08. The van der Waals surface area contributed by atoms with Crippen LogP contribution in [0.5, 0.6) is 5.75 Å². The highest BCUT2D eigenvalue weighted by Crippen LogP contribution is 2.36. The number of nitrogens with two attached hydrogens (primary N) is 1. The van der Waals surface area contributed by atoms with Gasteiger partial charge in [0.15, 0.2) is 0 Å². The second kappa shape index (κ2) is 8.11. The second-order valence-electron chi connectivity index (χ2n) is 8.96. The molecule has 4 heteroatoms. The van der Waals surface area contributed by atoms with Crippen molar-refractivity contribution in [2.45, 2.75) is 45.4 Å². The van der Waals surface area contributed by atoms with Crippen LogP contribution in [-0.2, 0) is 11.8 Å². The number of para-hydroxylation sites is 1. The monoisotopic (exact) mass is 401 g/mol. The molecule has 3 N–H and O–H groups in total. The predicted octanol–water partition coefficient (Wildman–Crippen LogP) is 5.97. The number of nitrogens with one attached hydrogen (secondary N) is 1. The molecule has 0 aliphatic rings. The number of fused-ring (bicyclic) bond motifs is 2. The molecule has 0 spiro atoms. The summed E-state index contributed by atoms with van der Waals surface area (Å²) in [7, 11) is 1.72. The number of nitrogens with zero attached hydrogens (tertiary/aromatic N) is 1. The molecule has 0 aliphatic carbocycles. The molecule has 0 fully saturated rings. The van der Waals surface area contributed by atoms with Gasteiger partial charge in [-0.1, -0.05) is 39.0 Å². The van der Waals surface area contributed by atoms with E-state index in [1.165, 1.54) is 16.5 Å². The van der Waals surface area contributed by atoms with Crippen molar-refractivity contribution in [3.63, 3.8) is 0 Å². The topological polar surface area (TPSA) is 63.9 Å². The van der Waals surface area contributed by atoms with Crippen molar-refractivity contribution in [2.75, 3.05) is 13.7 Å². The van der Waals surface area contributed by atoms with Crippen LogP contribution in [0.3, 0.4) is 0 Å². The molecule has 4 nitrogen and oxygen atoms in total. The van der Waals surface area contributed by atoms with Gasteiger partial charge in [-0.2, -0.15) is 0 Å². The van der Waals surface area contributed by atoms with E-state index in [-0.39, 0.29) is 5.41 Å². The highest BCUT2D eigenvalue weighted by atomic mass is 16.5. The minimum atomic E-state index is 0.102. The van der Waals surface area contributed by atoms with Crippen LogP contribution >= 0.6 is 0 Å². The zero-order valence-corrected chi connectivity index (χ0v) is 18.4. The molecule has 0 atom stereocenters. The summed E-state index contributed by atoms with van der Waals surface area (Å²) in [6.45, 7) is 7.48. The first-order valence-electron chi connectivity index (χ1n) is 10.7. The minimum absolute atomic E-state index is 0.102. The summed E-state index contributed by atoms with van der Waals surface area (Å²) in [5.74, 6) is 0.845. The first kappa shape index (κ1) is 20.4. The Bertz CT molecular complexity index is 1180. The number of benzene rings is 2. The van der Waals surface area contributed by atoms with Crippen LogP contribution < -0.4 is 10.5 Å². The Morgan fingerprint density at radius 3 is 2.53 bits per heavy atom. The minimum Gasteiger partial charge on any atom is -0.496 e. The van der Waals surface area contributed by atoms with Crippen LogP contribution in [0.25, 0.3) is 33.2 Å². The molecule has 0 bridgehead atoms. The third kappa shape index (κ3) is 3.80. The van der Waals surface area contributed by atoms with Crippen molar-refractivity contribution in [1.82, 2.24) is 9.97 Å². The number of rotatable bonds is 6. The van der Waals surface area contributed by atoms with Gasteiger partial charge in [-0.15, -0.1) is 0 Å². The Balaban J connectivity index is 1.93. The summed E-state index contributed by atoms with van der Waals surface area (Å²) in [5.41, 5.74) is 12.6. The molecular formula is C26H31N3O. The molecular weight excluding hydrogens is 370 g/mol. The van der Waals surface area contributed by atoms with Crippen LogP contribution in [0.2, 0.25) is 0 Å². The number of methoxy groups -OCH3 is 1. The maximum atomic E-state index is 5.77. The van der Waals surface area contributed by atoms with Crippen LogP contribution in [0, 0.1) is 0 Å². The van der Waals surface area contributed by atoms with Crippen molar-refractivity contribution in [3.05, 3.63) is 59.7 Å². The predicted molar refractivity (Wildman–Crippen MR) is 126 cm³/mol. The lowest BCUT2D eigenvalue weighted by atomic mass is 9.86.